The van der Waals surface area contributed by atoms with Gasteiger partial charge < -0.3 is 54.8 Å². The number of furan rings is 1. The summed E-state index contributed by atoms with van der Waals surface area (Å²) in [7, 11) is 5.52. The minimum atomic E-state index is -3.00. The van der Waals surface area contributed by atoms with Crippen molar-refractivity contribution < 1.29 is 63.6 Å². The van der Waals surface area contributed by atoms with Crippen molar-refractivity contribution in [2.24, 2.45) is 5.92 Å². The third-order valence-electron chi connectivity index (χ3n) is 3.97. The molecule has 0 aromatic carbocycles. The van der Waals surface area contributed by atoms with Crippen LogP contribution in [0.25, 0.3) is 0 Å². The quantitative estimate of drug-likeness (QED) is 0.0593. The van der Waals surface area contributed by atoms with Crippen LogP contribution in [0.2, 0.25) is 0 Å². The first-order valence-electron chi connectivity index (χ1n) is 9.67. The first-order valence-corrected chi connectivity index (χ1v) is 10.8. The van der Waals surface area contributed by atoms with Crippen molar-refractivity contribution in [3.63, 3.8) is 0 Å². The number of nitro groups is 1. The third kappa shape index (κ3) is 13.1. The van der Waals surface area contributed by atoms with E-state index in [0.29, 0.717) is 13.5 Å². The van der Waals surface area contributed by atoms with E-state index in [0.717, 1.165) is 29.6 Å². The predicted octanol–water partition coefficient (Wildman–Crippen LogP) is -2.61. The van der Waals surface area contributed by atoms with Gasteiger partial charge in [0.1, 0.15) is 23.0 Å². The smallest absolute Gasteiger partial charge is 0.549 e. The maximum absolute atomic E-state index is 10.5. The monoisotopic (exact) mass is 568 g/mol. The van der Waals surface area contributed by atoms with E-state index in [1.165, 1.54) is 13.2 Å². The van der Waals surface area contributed by atoms with Crippen molar-refractivity contribution in [2.45, 2.75) is 24.8 Å². The van der Waals surface area contributed by atoms with E-state index >= 15 is 0 Å². The van der Waals surface area contributed by atoms with Crippen LogP contribution >= 0.6 is 11.8 Å². The van der Waals surface area contributed by atoms with Crippen molar-refractivity contribution in [3.8, 4) is 0 Å². The number of carboxylic acids is 3. The van der Waals surface area contributed by atoms with Crippen LogP contribution in [-0.2, 0) is 46.2 Å². The van der Waals surface area contributed by atoms with Crippen LogP contribution in [0.1, 0.15) is 18.4 Å². The van der Waals surface area contributed by atoms with E-state index in [4.69, 9.17) is 14.6 Å². The van der Waals surface area contributed by atoms with Crippen molar-refractivity contribution in [2.75, 3.05) is 33.4 Å². The van der Waals surface area contributed by atoms with Gasteiger partial charge in [-0.25, -0.2) is 0 Å². The number of aliphatic carboxylic acids is 3. The molecule has 0 aliphatic rings. The fraction of sp³-hybridized carbons (Fsp3) is 0.526. The zero-order valence-electron chi connectivity index (χ0n) is 19.8. The van der Waals surface area contributed by atoms with Crippen LogP contribution in [-0.4, -0.2) is 77.0 Å². The van der Waals surface area contributed by atoms with Crippen LogP contribution in [0.4, 0.5) is 0 Å². The zero-order chi connectivity index (χ0) is 26.5. The molecule has 0 aliphatic carbocycles. The minimum Gasteiger partial charge on any atom is -0.549 e. The molecule has 0 fully saturated rings. The molecule has 192 valence electrons. The molecule has 1 heterocycles. The van der Waals surface area contributed by atoms with Crippen molar-refractivity contribution in [3.05, 3.63) is 45.8 Å². The molecule has 4 N–H and O–H groups in total. The summed E-state index contributed by atoms with van der Waals surface area (Å²) < 4.78 is 5.69. The number of hydrogen-bond donors (Lipinski definition) is 4. The number of hydrogen-bond acceptors (Lipinski definition) is 13. The van der Waals surface area contributed by atoms with Gasteiger partial charge in [-0.05, 0) is 38.1 Å². The Kier molecular flexibility index (Phi) is 16.6. The van der Waals surface area contributed by atoms with Crippen LogP contribution in [0.15, 0.2) is 28.6 Å². The topological polar surface area (TPSA) is 221 Å². The van der Waals surface area contributed by atoms with E-state index < -0.39 is 34.4 Å². The normalized spacial score (nSPS) is 13.4. The maximum atomic E-state index is 10.5. The molecule has 2 unspecified atom stereocenters. The van der Waals surface area contributed by atoms with Gasteiger partial charge in [-0.2, -0.15) is 11.8 Å². The van der Waals surface area contributed by atoms with Crippen LogP contribution < -0.4 is 20.8 Å². The maximum Gasteiger partial charge on any atom is 2.00 e. The molecular formula is C19H28N4O10SZn. The molecule has 0 radical (unpaired) electrons. The molecule has 16 heteroatoms. The SMILES string of the molecule is CC(O)(C(=O)[O-])C(C(=O)[O-])C(=O)O.CNC(=CNCCSCc1ccc(CN(C)C)o1)[N+](=O)[O-].[Zn+2]. The molecule has 1 aromatic rings. The number of nitrogens with one attached hydrogen (secondary N) is 2. The van der Waals surface area contributed by atoms with Gasteiger partial charge >= 0.3 is 31.3 Å². The van der Waals surface area contributed by atoms with E-state index in [-0.39, 0.29) is 25.3 Å². The van der Waals surface area contributed by atoms with Crippen LogP contribution in [0.3, 0.4) is 0 Å². The molecule has 0 amide bonds. The number of carbonyl (C=O) groups is 3. The van der Waals surface area contributed by atoms with Crippen LogP contribution in [0.5, 0.6) is 0 Å². The molecule has 0 aliphatic heterocycles. The Morgan fingerprint density at radius 2 is 1.86 bits per heavy atom. The van der Waals surface area contributed by atoms with Gasteiger partial charge in [0.15, 0.2) is 0 Å². The Balaban J connectivity index is 0. The molecule has 0 bridgehead atoms. The van der Waals surface area contributed by atoms with E-state index in [9.17, 15) is 34.7 Å². The second kappa shape index (κ2) is 16.9. The fourth-order valence-electron chi connectivity index (χ4n) is 2.27. The van der Waals surface area contributed by atoms with Gasteiger partial charge in [-0.15, -0.1) is 0 Å². The molecule has 1 rings (SSSR count). The Morgan fingerprint density at radius 3 is 2.26 bits per heavy atom. The third-order valence-corrected chi connectivity index (χ3v) is 4.96. The average molecular weight is 570 g/mol. The summed E-state index contributed by atoms with van der Waals surface area (Å²) in [5.41, 5.74) is -3.00. The van der Waals surface area contributed by atoms with Gasteiger partial charge in [0.2, 0.25) is 0 Å². The second-order valence-corrected chi connectivity index (χ2v) is 8.28. The van der Waals surface area contributed by atoms with Gasteiger partial charge in [0.25, 0.3) is 0 Å². The number of carbonyl (C=O) groups excluding carboxylic acids is 2. The van der Waals surface area contributed by atoms with Crippen molar-refractivity contribution in [1.29, 1.82) is 0 Å². The van der Waals surface area contributed by atoms with Crippen molar-refractivity contribution >= 4 is 29.7 Å². The minimum absolute atomic E-state index is 0. The summed E-state index contributed by atoms with van der Waals surface area (Å²) in [4.78, 5) is 42.6. The summed E-state index contributed by atoms with van der Waals surface area (Å²) in [6.07, 6.45) is 1.38. The number of thioether (sulfide) groups is 1. The summed E-state index contributed by atoms with van der Waals surface area (Å²) >= 11 is 1.72. The molecule has 0 spiro atoms. The predicted molar refractivity (Wildman–Crippen MR) is 116 cm³/mol. The first-order chi connectivity index (χ1) is 15.7. The summed E-state index contributed by atoms with van der Waals surface area (Å²) in [6.45, 7) is 1.97. The summed E-state index contributed by atoms with van der Waals surface area (Å²) in [5, 5.41) is 53.4. The molecule has 2 atom stereocenters. The number of aliphatic hydroxyl groups is 1. The molecule has 14 nitrogen and oxygen atoms in total. The van der Waals surface area contributed by atoms with Gasteiger partial charge in [-0.3, -0.25) is 10.1 Å². The van der Waals surface area contributed by atoms with E-state index in [1.807, 2.05) is 26.2 Å². The number of nitrogens with zero attached hydrogens (tertiary/aromatic N) is 2. The standard InChI is InChI=1S/C13H22N4O3S.C6H8O7.Zn/c1-14-13(17(18)19)8-15-6-7-21-10-12-5-4-11(20-12)9-16(2)3;1-6(13,5(11)12)2(3(7)8)4(9)10;/h4-5,8,14-15H,6-7,9-10H2,1-3H3;2,13H,1H3,(H,7,8)(H,9,10)(H,11,12);/q;;+2/p-2. The van der Waals surface area contributed by atoms with Gasteiger partial charge in [0.05, 0.1) is 37.5 Å². The second-order valence-electron chi connectivity index (χ2n) is 7.17. The average Bonchev–Trinajstić information content (AvgIpc) is 3.13. The Bertz CT molecular complexity index is 862. The fourth-order valence-corrected chi connectivity index (χ4v) is 3.04. The molecule has 0 saturated heterocycles. The molecule has 35 heavy (non-hydrogen) atoms. The number of carboxylic acid groups (broad SMARTS) is 3. The molecule has 0 saturated carbocycles. The summed E-state index contributed by atoms with van der Waals surface area (Å²) in [5.74, 6) is -5.44. The Morgan fingerprint density at radius 1 is 1.29 bits per heavy atom. The van der Waals surface area contributed by atoms with E-state index in [1.54, 1.807) is 11.8 Å². The van der Waals surface area contributed by atoms with Crippen molar-refractivity contribution in [1.82, 2.24) is 15.5 Å². The summed E-state index contributed by atoms with van der Waals surface area (Å²) in [6, 6.07) is 3.98. The van der Waals surface area contributed by atoms with E-state index in [2.05, 4.69) is 15.5 Å². The molecule has 1 aromatic heterocycles. The first kappa shape index (κ1) is 34.5. The number of rotatable bonds is 14. The van der Waals surface area contributed by atoms with Crippen LogP contribution in [0, 0.1) is 16.0 Å². The molecular weight excluding hydrogens is 542 g/mol. The largest absolute Gasteiger partial charge is 2.00 e. The van der Waals surface area contributed by atoms with Gasteiger partial charge in [-0.1, -0.05) is 0 Å². The zero-order valence-corrected chi connectivity index (χ0v) is 23.6. The Hall–Kier alpha value is -2.68. The Labute approximate surface area is 218 Å². The van der Waals surface area contributed by atoms with Gasteiger partial charge in [0, 0.05) is 12.3 Å².